The molecule has 0 radical (unpaired) electrons. The Hall–Kier alpha value is -1.34. The van der Waals surface area contributed by atoms with Gasteiger partial charge < -0.3 is 24.2 Å². The number of hydrogen-bond acceptors (Lipinski definition) is 5. The van der Waals surface area contributed by atoms with Crippen LogP contribution in [-0.2, 0) is 19.0 Å². The van der Waals surface area contributed by atoms with Gasteiger partial charge in [0.1, 0.15) is 5.60 Å². The lowest BCUT2D eigenvalue weighted by molar-refractivity contribution is -0.165. The van der Waals surface area contributed by atoms with Gasteiger partial charge in [-0.2, -0.15) is 0 Å². The summed E-state index contributed by atoms with van der Waals surface area (Å²) in [7, 11) is 0. The minimum atomic E-state index is -1.07. The zero-order chi connectivity index (χ0) is 15.0. The minimum absolute atomic E-state index is 0.00794. The van der Waals surface area contributed by atoms with Crippen molar-refractivity contribution in [3.63, 3.8) is 0 Å². The van der Waals surface area contributed by atoms with Gasteiger partial charge in [-0.1, -0.05) is 0 Å². The zero-order valence-electron chi connectivity index (χ0n) is 12.0. The van der Waals surface area contributed by atoms with Gasteiger partial charge in [0.25, 0.3) is 0 Å². The molecule has 1 N–H and O–H groups in total. The first-order valence-electron chi connectivity index (χ1n) is 6.61. The molecule has 7 heteroatoms. The molecule has 2 rings (SSSR count). The highest BCUT2D eigenvalue weighted by Gasteiger charge is 2.46. The van der Waals surface area contributed by atoms with Crippen molar-refractivity contribution in [2.75, 3.05) is 32.9 Å². The number of ether oxygens (including phenoxy) is 3. The predicted molar refractivity (Wildman–Crippen MR) is 68.4 cm³/mol. The van der Waals surface area contributed by atoms with Crippen molar-refractivity contribution in [3.8, 4) is 0 Å². The average Bonchev–Trinajstić information content (AvgIpc) is 2.45. The summed E-state index contributed by atoms with van der Waals surface area (Å²) in [6, 6.07) is 0. The van der Waals surface area contributed by atoms with Crippen LogP contribution in [0.3, 0.4) is 0 Å². The van der Waals surface area contributed by atoms with E-state index < -0.39 is 23.8 Å². The van der Waals surface area contributed by atoms with E-state index in [-0.39, 0.29) is 18.6 Å². The molecule has 0 bridgehead atoms. The maximum Gasteiger partial charge on any atom is 0.410 e. The molecule has 0 aromatic carbocycles. The molecule has 2 heterocycles. The third-order valence-corrected chi connectivity index (χ3v) is 3.25. The zero-order valence-corrected chi connectivity index (χ0v) is 12.0. The lowest BCUT2D eigenvalue weighted by Crippen LogP contribution is -2.53. The molecule has 2 saturated heterocycles. The number of carboxylic acids is 1. The minimum Gasteiger partial charge on any atom is -0.479 e. The van der Waals surface area contributed by atoms with E-state index in [9.17, 15) is 9.59 Å². The quantitative estimate of drug-likeness (QED) is 0.765. The van der Waals surface area contributed by atoms with Gasteiger partial charge in [0.05, 0.1) is 31.8 Å². The van der Waals surface area contributed by atoms with Crippen LogP contribution >= 0.6 is 0 Å². The van der Waals surface area contributed by atoms with Crippen molar-refractivity contribution in [2.24, 2.45) is 5.41 Å². The largest absolute Gasteiger partial charge is 0.479 e. The number of hydrogen-bond donors (Lipinski definition) is 1. The molecule has 0 aliphatic carbocycles. The van der Waals surface area contributed by atoms with E-state index in [1.165, 1.54) is 4.90 Å². The summed E-state index contributed by atoms with van der Waals surface area (Å²) in [5.41, 5.74) is -0.923. The number of carboxylic acid groups (broad SMARTS) is 1. The van der Waals surface area contributed by atoms with E-state index in [0.29, 0.717) is 19.8 Å². The van der Waals surface area contributed by atoms with E-state index in [4.69, 9.17) is 19.3 Å². The molecule has 1 amide bonds. The van der Waals surface area contributed by atoms with Gasteiger partial charge in [0.15, 0.2) is 6.10 Å². The molecular formula is C13H21NO6. The van der Waals surface area contributed by atoms with Crippen molar-refractivity contribution in [2.45, 2.75) is 32.5 Å². The summed E-state index contributed by atoms with van der Waals surface area (Å²) < 4.78 is 15.9. The molecule has 1 atom stereocenters. The van der Waals surface area contributed by atoms with Gasteiger partial charge >= 0.3 is 12.1 Å². The Balaban J connectivity index is 2.10. The van der Waals surface area contributed by atoms with Crippen LogP contribution in [0.15, 0.2) is 0 Å². The van der Waals surface area contributed by atoms with Crippen molar-refractivity contribution in [1.82, 2.24) is 4.90 Å². The summed E-state index contributed by atoms with van der Waals surface area (Å²) in [4.78, 5) is 24.7. The molecule has 2 aliphatic heterocycles. The molecule has 0 saturated carbocycles. The van der Waals surface area contributed by atoms with Gasteiger partial charge in [-0.25, -0.2) is 9.59 Å². The molecule has 1 unspecified atom stereocenters. The maximum absolute atomic E-state index is 12.2. The average molecular weight is 287 g/mol. The van der Waals surface area contributed by atoms with Crippen LogP contribution in [0, 0.1) is 5.41 Å². The van der Waals surface area contributed by atoms with E-state index in [1.54, 1.807) is 20.8 Å². The Bertz CT molecular complexity index is 398. The number of carbonyl (C=O) groups is 2. The summed E-state index contributed by atoms with van der Waals surface area (Å²) >= 11 is 0. The highest BCUT2D eigenvalue weighted by atomic mass is 16.6. The van der Waals surface area contributed by atoms with E-state index in [2.05, 4.69) is 0 Å². The molecular weight excluding hydrogens is 266 g/mol. The van der Waals surface area contributed by atoms with Gasteiger partial charge in [-0.15, -0.1) is 0 Å². The number of rotatable bonds is 1. The van der Waals surface area contributed by atoms with Crippen molar-refractivity contribution in [3.05, 3.63) is 0 Å². The Morgan fingerprint density at radius 2 is 1.95 bits per heavy atom. The second-order valence-electron chi connectivity index (χ2n) is 6.49. The van der Waals surface area contributed by atoms with Gasteiger partial charge in [-0.05, 0) is 20.8 Å². The molecule has 0 aromatic rings. The lowest BCUT2D eigenvalue weighted by Gasteiger charge is -2.42. The first kappa shape index (κ1) is 15.1. The topological polar surface area (TPSA) is 85.3 Å². The summed E-state index contributed by atoms with van der Waals surface area (Å²) in [5.74, 6) is -1.07. The van der Waals surface area contributed by atoms with E-state index in [0.717, 1.165) is 0 Å². The molecule has 2 fully saturated rings. The predicted octanol–water partition coefficient (Wildman–Crippen LogP) is 0.724. The first-order chi connectivity index (χ1) is 9.21. The molecule has 2 aliphatic rings. The van der Waals surface area contributed by atoms with Crippen LogP contribution in [0.2, 0.25) is 0 Å². The molecule has 0 aromatic heterocycles. The molecule has 20 heavy (non-hydrogen) atoms. The van der Waals surface area contributed by atoms with Crippen LogP contribution < -0.4 is 0 Å². The fourth-order valence-electron chi connectivity index (χ4n) is 2.23. The number of amides is 1. The first-order valence-corrected chi connectivity index (χ1v) is 6.61. The second-order valence-corrected chi connectivity index (χ2v) is 6.49. The van der Waals surface area contributed by atoms with Crippen LogP contribution in [0.5, 0.6) is 0 Å². The summed E-state index contributed by atoms with van der Waals surface area (Å²) in [6.07, 6.45) is -1.54. The van der Waals surface area contributed by atoms with Crippen LogP contribution in [0.25, 0.3) is 0 Å². The second kappa shape index (κ2) is 5.21. The highest BCUT2D eigenvalue weighted by molar-refractivity contribution is 5.74. The smallest absolute Gasteiger partial charge is 0.410 e. The number of carbonyl (C=O) groups excluding carboxylic acids is 1. The molecule has 114 valence electrons. The molecule has 1 spiro atoms. The summed E-state index contributed by atoms with van der Waals surface area (Å²) in [5, 5.41) is 9.12. The van der Waals surface area contributed by atoms with Gasteiger partial charge in [0.2, 0.25) is 0 Å². The van der Waals surface area contributed by atoms with Crippen LogP contribution in [0.4, 0.5) is 4.79 Å². The standard InChI is InChI=1S/C13H21NO6/c1-12(2,3)20-11(17)14-4-9(10(15)16)19-8-13(5-14)6-18-7-13/h9H,4-8H2,1-3H3,(H,15,16). The third-order valence-electron chi connectivity index (χ3n) is 3.25. The Kier molecular flexibility index (Phi) is 3.93. The normalized spacial score (nSPS) is 25.8. The summed E-state index contributed by atoms with van der Waals surface area (Å²) in [6.45, 7) is 6.93. The van der Waals surface area contributed by atoms with Gasteiger partial charge in [0, 0.05) is 6.54 Å². The highest BCUT2D eigenvalue weighted by Crippen LogP contribution is 2.32. The van der Waals surface area contributed by atoms with E-state index in [1.807, 2.05) is 0 Å². The monoisotopic (exact) mass is 287 g/mol. The fraction of sp³-hybridized carbons (Fsp3) is 0.846. The maximum atomic E-state index is 12.2. The number of aliphatic carboxylic acids is 1. The SMILES string of the molecule is CC(C)(C)OC(=O)N1CC(C(=O)O)OCC2(COC2)C1. The Morgan fingerprint density at radius 1 is 1.30 bits per heavy atom. The lowest BCUT2D eigenvalue weighted by atomic mass is 9.86. The van der Waals surface area contributed by atoms with Crippen molar-refractivity contribution >= 4 is 12.1 Å². The van der Waals surface area contributed by atoms with E-state index >= 15 is 0 Å². The van der Waals surface area contributed by atoms with Crippen molar-refractivity contribution in [1.29, 1.82) is 0 Å². The fourth-order valence-corrected chi connectivity index (χ4v) is 2.23. The van der Waals surface area contributed by atoms with Crippen LogP contribution in [0.1, 0.15) is 20.8 Å². The number of nitrogens with zero attached hydrogens (tertiary/aromatic N) is 1. The van der Waals surface area contributed by atoms with Gasteiger partial charge in [-0.3, -0.25) is 0 Å². The Morgan fingerprint density at radius 3 is 2.40 bits per heavy atom. The molecule has 7 nitrogen and oxygen atoms in total. The van der Waals surface area contributed by atoms with Crippen LogP contribution in [-0.4, -0.2) is 66.7 Å². The third kappa shape index (κ3) is 3.40. The Labute approximate surface area is 117 Å². The van der Waals surface area contributed by atoms with Crippen molar-refractivity contribution < 1.29 is 28.9 Å².